The first-order valence-corrected chi connectivity index (χ1v) is 14.1. The van der Waals surface area contributed by atoms with Crippen molar-refractivity contribution in [1.29, 1.82) is 5.26 Å². The summed E-state index contributed by atoms with van der Waals surface area (Å²) in [5.74, 6) is 1.18. The fraction of sp³-hybridized carbons (Fsp3) is 0.440. The van der Waals surface area contributed by atoms with Crippen molar-refractivity contribution < 1.29 is 9.90 Å². The van der Waals surface area contributed by atoms with Crippen LogP contribution in [-0.4, -0.2) is 31.5 Å². The van der Waals surface area contributed by atoms with Crippen LogP contribution >= 0.6 is 39.0 Å². The topological polar surface area (TPSA) is 104 Å². The maximum Gasteiger partial charge on any atom is 0.235 e. The molecule has 1 atom stereocenters. The van der Waals surface area contributed by atoms with Crippen molar-refractivity contribution >= 4 is 49.9 Å². The van der Waals surface area contributed by atoms with E-state index in [-0.39, 0.29) is 22.8 Å². The largest absolute Gasteiger partial charge is 0.507 e. The summed E-state index contributed by atoms with van der Waals surface area (Å²) in [5, 5.41) is 32.8. The predicted molar refractivity (Wildman–Crippen MR) is 144 cm³/mol. The number of aromatic nitrogens is 3. The van der Waals surface area contributed by atoms with Crippen molar-refractivity contribution in [2.45, 2.75) is 58.7 Å². The first-order valence-electron chi connectivity index (χ1n) is 11.5. The highest BCUT2D eigenvalue weighted by Gasteiger charge is 2.32. The third kappa shape index (κ3) is 5.42. The van der Waals surface area contributed by atoms with Crippen LogP contribution in [0.3, 0.4) is 0 Å². The minimum Gasteiger partial charge on any atom is -0.507 e. The summed E-state index contributed by atoms with van der Waals surface area (Å²) < 4.78 is 2.70. The summed E-state index contributed by atoms with van der Waals surface area (Å²) in [6, 6.07) is 7.47. The summed E-state index contributed by atoms with van der Waals surface area (Å²) >= 11 is 6.25. The Hall–Kier alpha value is -2.35. The summed E-state index contributed by atoms with van der Waals surface area (Å²) in [6.07, 6.45) is 2.90. The molecule has 1 aliphatic rings. The lowest BCUT2D eigenvalue weighted by molar-refractivity contribution is -0.113. The maximum absolute atomic E-state index is 12.8. The normalized spacial score (nSPS) is 15.5. The van der Waals surface area contributed by atoms with Gasteiger partial charge in [-0.25, -0.2) is 0 Å². The van der Waals surface area contributed by atoms with Gasteiger partial charge in [0.25, 0.3) is 0 Å². The Morgan fingerprint density at radius 1 is 1.40 bits per heavy atom. The molecule has 0 bridgehead atoms. The summed E-state index contributed by atoms with van der Waals surface area (Å²) in [4.78, 5) is 14.0. The van der Waals surface area contributed by atoms with Crippen LogP contribution in [0.2, 0.25) is 0 Å². The standard InChI is InChI=1S/C25H28BrN5O2S2/c1-5-31-22(17-11-15(26)7-9-19(17)32)29-30-24(31)34-13-21(33)28-23-18(12-27)16-8-6-14(25(2,3)4)10-20(16)35-23/h7,9,11,14,32H,5-6,8,10,13H2,1-4H3,(H,28,33)/t14-/m1/s1. The van der Waals surface area contributed by atoms with Crippen LogP contribution < -0.4 is 5.32 Å². The number of hydrogen-bond donors (Lipinski definition) is 2. The molecule has 184 valence electrons. The number of nitriles is 1. The fourth-order valence-corrected chi connectivity index (χ4v) is 6.85. The number of rotatable bonds is 6. The van der Waals surface area contributed by atoms with Crippen molar-refractivity contribution in [3.8, 4) is 23.2 Å². The summed E-state index contributed by atoms with van der Waals surface area (Å²) in [5.41, 5.74) is 2.50. The van der Waals surface area contributed by atoms with Gasteiger partial charge in [-0.15, -0.1) is 21.5 Å². The molecule has 2 aromatic heterocycles. The first-order chi connectivity index (χ1) is 16.6. The Bertz CT molecular complexity index is 1300. The molecule has 0 saturated heterocycles. The molecule has 10 heteroatoms. The number of anilines is 1. The van der Waals surface area contributed by atoms with Gasteiger partial charge in [-0.3, -0.25) is 4.79 Å². The molecule has 0 fully saturated rings. The van der Waals surface area contributed by atoms with Crippen molar-refractivity contribution in [3.63, 3.8) is 0 Å². The third-order valence-electron chi connectivity index (χ3n) is 6.42. The van der Waals surface area contributed by atoms with Crippen molar-refractivity contribution in [2.75, 3.05) is 11.1 Å². The van der Waals surface area contributed by atoms with Gasteiger partial charge in [0, 0.05) is 15.9 Å². The van der Waals surface area contributed by atoms with Crippen molar-refractivity contribution in [1.82, 2.24) is 14.8 Å². The number of hydrogen-bond acceptors (Lipinski definition) is 7. The summed E-state index contributed by atoms with van der Waals surface area (Å²) in [7, 11) is 0. The number of thiophene rings is 1. The lowest BCUT2D eigenvalue weighted by Gasteiger charge is -2.33. The van der Waals surface area contributed by atoms with Crippen LogP contribution in [0.4, 0.5) is 5.00 Å². The smallest absolute Gasteiger partial charge is 0.235 e. The number of amides is 1. The first kappa shape index (κ1) is 25.7. The van der Waals surface area contributed by atoms with E-state index in [0.717, 1.165) is 29.3 Å². The van der Waals surface area contributed by atoms with E-state index in [9.17, 15) is 15.2 Å². The Kier molecular flexibility index (Phi) is 7.60. The Labute approximate surface area is 222 Å². The highest BCUT2D eigenvalue weighted by Crippen LogP contribution is 2.44. The lowest BCUT2D eigenvalue weighted by Crippen LogP contribution is -2.26. The zero-order chi connectivity index (χ0) is 25.3. The molecule has 2 heterocycles. The Morgan fingerprint density at radius 2 is 2.17 bits per heavy atom. The molecule has 0 spiro atoms. The van der Waals surface area contributed by atoms with Crippen LogP contribution in [0, 0.1) is 22.7 Å². The van der Waals surface area contributed by atoms with Gasteiger partial charge in [-0.1, -0.05) is 48.5 Å². The van der Waals surface area contributed by atoms with E-state index >= 15 is 0 Å². The molecule has 7 nitrogen and oxygen atoms in total. The van der Waals surface area contributed by atoms with E-state index in [1.165, 1.54) is 28.0 Å². The van der Waals surface area contributed by atoms with Gasteiger partial charge in [0.05, 0.1) is 16.9 Å². The number of thioether (sulfide) groups is 1. The van der Waals surface area contributed by atoms with Gasteiger partial charge in [-0.05, 0) is 61.3 Å². The van der Waals surface area contributed by atoms with Crippen molar-refractivity contribution in [3.05, 3.63) is 38.7 Å². The number of carbonyl (C=O) groups is 1. The summed E-state index contributed by atoms with van der Waals surface area (Å²) in [6.45, 7) is 9.34. The number of phenols is 1. The van der Waals surface area contributed by atoms with Gasteiger partial charge in [0.15, 0.2) is 11.0 Å². The average Bonchev–Trinajstić information content (AvgIpc) is 3.38. The van der Waals surface area contributed by atoms with E-state index in [4.69, 9.17) is 0 Å². The Morgan fingerprint density at radius 3 is 2.86 bits per heavy atom. The molecule has 0 radical (unpaired) electrons. The highest BCUT2D eigenvalue weighted by molar-refractivity contribution is 9.10. The molecule has 1 amide bonds. The van der Waals surface area contributed by atoms with E-state index in [1.807, 2.05) is 11.5 Å². The molecular weight excluding hydrogens is 546 g/mol. The second-order valence-electron chi connectivity index (χ2n) is 9.67. The SMILES string of the molecule is CCn1c(SCC(=O)Nc2sc3c(c2C#N)CC[C@@H](C(C)(C)C)C3)nnc1-c1cc(Br)ccc1O. The van der Waals surface area contributed by atoms with Crippen LogP contribution in [0.25, 0.3) is 11.4 Å². The van der Waals surface area contributed by atoms with Crippen molar-refractivity contribution in [2.24, 2.45) is 11.3 Å². The van der Waals surface area contributed by atoms with Crippen LogP contribution in [-0.2, 0) is 24.2 Å². The lowest BCUT2D eigenvalue weighted by atomic mass is 9.72. The number of halogens is 1. The molecule has 3 aromatic rings. The highest BCUT2D eigenvalue weighted by atomic mass is 79.9. The number of nitrogens with one attached hydrogen (secondary N) is 1. The van der Waals surface area contributed by atoms with Gasteiger partial charge >= 0.3 is 0 Å². The molecular formula is C25H28BrN5O2S2. The van der Waals surface area contributed by atoms with E-state index in [0.29, 0.717) is 39.6 Å². The zero-order valence-corrected chi connectivity index (χ0v) is 23.4. The van der Waals surface area contributed by atoms with Crippen LogP contribution in [0.15, 0.2) is 27.8 Å². The van der Waals surface area contributed by atoms with Gasteiger partial charge in [-0.2, -0.15) is 5.26 Å². The molecule has 4 rings (SSSR count). The number of phenolic OH excluding ortho intramolecular Hbond substituents is 1. The molecule has 0 aliphatic heterocycles. The van der Waals surface area contributed by atoms with Crippen LogP contribution in [0.1, 0.15) is 50.1 Å². The minimum absolute atomic E-state index is 0.115. The van der Waals surface area contributed by atoms with E-state index in [1.54, 1.807) is 18.2 Å². The second kappa shape index (κ2) is 10.3. The van der Waals surface area contributed by atoms with Gasteiger partial charge < -0.3 is 15.0 Å². The van der Waals surface area contributed by atoms with Gasteiger partial charge in [0.1, 0.15) is 16.8 Å². The molecule has 35 heavy (non-hydrogen) atoms. The fourth-order valence-electron chi connectivity index (χ4n) is 4.39. The molecule has 2 N–H and O–H groups in total. The predicted octanol–water partition coefficient (Wildman–Crippen LogP) is 6.25. The number of aromatic hydroxyl groups is 1. The quantitative estimate of drug-likeness (QED) is 0.338. The third-order valence-corrected chi connectivity index (χ3v) is 9.05. The molecule has 1 aliphatic carbocycles. The number of fused-ring (bicyclic) bond motifs is 1. The average molecular weight is 575 g/mol. The van der Waals surface area contributed by atoms with Gasteiger partial charge in [0.2, 0.25) is 5.91 Å². The molecule has 0 unspecified atom stereocenters. The monoisotopic (exact) mass is 573 g/mol. The number of carbonyl (C=O) groups excluding carboxylic acids is 1. The number of benzene rings is 1. The van der Waals surface area contributed by atoms with E-state index in [2.05, 4.69) is 58.3 Å². The maximum atomic E-state index is 12.8. The molecule has 0 saturated carbocycles. The van der Waals surface area contributed by atoms with Crippen LogP contribution in [0.5, 0.6) is 5.75 Å². The van der Waals surface area contributed by atoms with E-state index < -0.39 is 0 Å². The second-order valence-corrected chi connectivity index (χ2v) is 12.6. The zero-order valence-electron chi connectivity index (χ0n) is 20.2. The number of nitrogens with zero attached hydrogens (tertiary/aromatic N) is 4. The Balaban J connectivity index is 1.47. The minimum atomic E-state index is -0.185. The molecule has 1 aromatic carbocycles.